The highest BCUT2D eigenvalue weighted by Crippen LogP contribution is 2.25. The van der Waals surface area contributed by atoms with Gasteiger partial charge >= 0.3 is 0 Å². The average molecular weight is 357 g/mol. The molecule has 7 heteroatoms. The summed E-state index contributed by atoms with van der Waals surface area (Å²) in [6.07, 6.45) is 0. The molecule has 5 nitrogen and oxygen atoms in total. The maximum Gasteiger partial charge on any atom is 0.235 e. The van der Waals surface area contributed by atoms with Crippen LogP contribution in [0.15, 0.2) is 48.5 Å². The van der Waals surface area contributed by atoms with E-state index in [0.29, 0.717) is 11.6 Å². The second-order valence-electron chi connectivity index (χ2n) is 5.27. The van der Waals surface area contributed by atoms with Crippen LogP contribution in [0.25, 0.3) is 16.3 Å². The first-order valence-electron chi connectivity index (χ1n) is 7.36. The highest BCUT2D eigenvalue weighted by Gasteiger charge is 2.14. The van der Waals surface area contributed by atoms with Crippen LogP contribution in [0.4, 0.5) is 0 Å². The molecule has 0 N–H and O–H groups in total. The quantitative estimate of drug-likeness (QED) is 0.544. The van der Waals surface area contributed by atoms with Crippen molar-refractivity contribution in [3.05, 3.63) is 64.1 Å². The van der Waals surface area contributed by atoms with Crippen LogP contribution in [0.1, 0.15) is 10.6 Å². The zero-order chi connectivity index (χ0) is 16.5. The third kappa shape index (κ3) is 2.86. The van der Waals surface area contributed by atoms with E-state index >= 15 is 0 Å². The Labute approximate surface area is 147 Å². The fourth-order valence-electron chi connectivity index (χ4n) is 2.38. The third-order valence-electron chi connectivity index (χ3n) is 3.59. The number of ether oxygens (including phenoxy) is 1. The molecule has 0 fully saturated rings. The molecule has 0 unspecified atom stereocenters. The highest BCUT2D eigenvalue weighted by molar-refractivity contribution is 7.16. The standard InChI is InChI=1S/C17H13ClN4OS/c1-11-4-2-3-5-14(11)16-19-20-17-22(16)21-15(24-17)10-23-13-8-6-12(18)7-9-13/h2-9H,10H2,1H3. The fraction of sp³-hybridized carbons (Fsp3) is 0.118. The van der Waals surface area contributed by atoms with Crippen LogP contribution in [0, 0.1) is 6.92 Å². The van der Waals surface area contributed by atoms with Crippen LogP contribution in [0.2, 0.25) is 5.02 Å². The summed E-state index contributed by atoms with van der Waals surface area (Å²) in [6, 6.07) is 15.3. The summed E-state index contributed by atoms with van der Waals surface area (Å²) >= 11 is 7.34. The minimum absolute atomic E-state index is 0.378. The van der Waals surface area contributed by atoms with Crippen LogP contribution in [0.5, 0.6) is 5.75 Å². The van der Waals surface area contributed by atoms with Crippen molar-refractivity contribution in [3.8, 4) is 17.1 Å². The highest BCUT2D eigenvalue weighted by atomic mass is 35.5. The summed E-state index contributed by atoms with van der Waals surface area (Å²) in [5.74, 6) is 1.50. The minimum Gasteiger partial charge on any atom is -0.486 e. The van der Waals surface area contributed by atoms with Crippen LogP contribution in [0.3, 0.4) is 0 Å². The Kier molecular flexibility index (Phi) is 3.92. The maximum atomic E-state index is 5.87. The summed E-state index contributed by atoms with van der Waals surface area (Å²) in [6.45, 7) is 2.43. The Morgan fingerprint density at radius 2 is 1.88 bits per heavy atom. The van der Waals surface area contributed by atoms with Gasteiger partial charge in [-0.1, -0.05) is 47.2 Å². The number of hydrogen-bond donors (Lipinski definition) is 0. The van der Waals surface area contributed by atoms with Crippen molar-refractivity contribution in [2.45, 2.75) is 13.5 Å². The molecule has 120 valence electrons. The van der Waals surface area contributed by atoms with E-state index in [0.717, 1.165) is 32.7 Å². The molecule has 0 radical (unpaired) electrons. The Morgan fingerprint density at radius 3 is 2.67 bits per heavy atom. The van der Waals surface area contributed by atoms with Crippen LogP contribution in [-0.4, -0.2) is 19.8 Å². The van der Waals surface area contributed by atoms with E-state index in [1.807, 2.05) is 43.3 Å². The number of fused-ring (bicyclic) bond motifs is 1. The number of aryl methyl sites for hydroxylation is 1. The molecule has 24 heavy (non-hydrogen) atoms. The lowest BCUT2D eigenvalue weighted by Gasteiger charge is -2.03. The van der Waals surface area contributed by atoms with E-state index in [1.54, 1.807) is 16.6 Å². The predicted molar refractivity (Wildman–Crippen MR) is 94.6 cm³/mol. The van der Waals surface area contributed by atoms with Gasteiger partial charge in [-0.2, -0.15) is 9.61 Å². The van der Waals surface area contributed by atoms with Crippen molar-refractivity contribution < 1.29 is 4.74 Å². The summed E-state index contributed by atoms with van der Waals surface area (Å²) in [5, 5.41) is 14.6. The van der Waals surface area contributed by atoms with Crippen molar-refractivity contribution >= 4 is 27.9 Å². The van der Waals surface area contributed by atoms with Crippen LogP contribution < -0.4 is 4.74 Å². The zero-order valence-electron chi connectivity index (χ0n) is 12.8. The van der Waals surface area contributed by atoms with Gasteiger partial charge in [0.25, 0.3) is 0 Å². The zero-order valence-corrected chi connectivity index (χ0v) is 14.4. The Hall–Kier alpha value is -2.44. The Balaban J connectivity index is 1.60. The number of rotatable bonds is 4. The number of benzene rings is 2. The average Bonchev–Trinajstić information content (AvgIpc) is 3.15. The summed E-state index contributed by atoms with van der Waals surface area (Å²) in [7, 11) is 0. The number of hydrogen-bond acceptors (Lipinski definition) is 5. The summed E-state index contributed by atoms with van der Waals surface area (Å²) in [4.78, 5) is 0.753. The minimum atomic E-state index is 0.378. The molecule has 2 aromatic carbocycles. The van der Waals surface area contributed by atoms with Gasteiger partial charge < -0.3 is 4.74 Å². The topological polar surface area (TPSA) is 52.3 Å². The van der Waals surface area contributed by atoms with E-state index in [1.165, 1.54) is 11.3 Å². The molecule has 4 rings (SSSR count). The molecule has 0 aliphatic heterocycles. The molecular weight excluding hydrogens is 344 g/mol. The number of halogens is 1. The predicted octanol–water partition coefficient (Wildman–Crippen LogP) is 4.39. The summed E-state index contributed by atoms with van der Waals surface area (Å²) < 4.78 is 7.51. The van der Waals surface area contributed by atoms with E-state index in [2.05, 4.69) is 15.3 Å². The molecule has 2 heterocycles. The number of aromatic nitrogens is 4. The monoisotopic (exact) mass is 356 g/mol. The van der Waals surface area contributed by atoms with Gasteiger partial charge in [0, 0.05) is 10.6 Å². The van der Waals surface area contributed by atoms with Gasteiger partial charge in [-0.05, 0) is 36.8 Å². The molecular formula is C17H13ClN4OS. The third-order valence-corrected chi connectivity index (χ3v) is 4.72. The van der Waals surface area contributed by atoms with Crippen molar-refractivity contribution in [3.63, 3.8) is 0 Å². The fourth-order valence-corrected chi connectivity index (χ4v) is 3.25. The van der Waals surface area contributed by atoms with E-state index < -0.39 is 0 Å². The Morgan fingerprint density at radius 1 is 1.08 bits per heavy atom. The number of nitrogens with zero attached hydrogens (tertiary/aromatic N) is 4. The van der Waals surface area contributed by atoms with E-state index in [4.69, 9.17) is 16.3 Å². The van der Waals surface area contributed by atoms with Gasteiger partial charge in [0.15, 0.2) is 10.8 Å². The molecule has 0 aliphatic carbocycles. The van der Waals surface area contributed by atoms with Crippen molar-refractivity contribution in [2.24, 2.45) is 0 Å². The van der Waals surface area contributed by atoms with Crippen LogP contribution >= 0.6 is 22.9 Å². The summed E-state index contributed by atoms with van der Waals surface area (Å²) in [5.41, 5.74) is 2.17. The first-order valence-corrected chi connectivity index (χ1v) is 8.55. The smallest absolute Gasteiger partial charge is 0.235 e. The molecule has 0 bridgehead atoms. The largest absolute Gasteiger partial charge is 0.486 e. The van der Waals surface area contributed by atoms with E-state index in [9.17, 15) is 0 Å². The maximum absolute atomic E-state index is 5.87. The van der Waals surface area contributed by atoms with Gasteiger partial charge in [-0.15, -0.1) is 10.2 Å². The molecule has 0 saturated carbocycles. The first kappa shape index (κ1) is 15.1. The van der Waals surface area contributed by atoms with Gasteiger partial charge in [0.1, 0.15) is 12.4 Å². The van der Waals surface area contributed by atoms with Gasteiger partial charge in [-0.25, -0.2) is 0 Å². The Bertz CT molecular complexity index is 993. The van der Waals surface area contributed by atoms with Crippen molar-refractivity contribution in [2.75, 3.05) is 0 Å². The molecule has 0 atom stereocenters. The van der Waals surface area contributed by atoms with Crippen LogP contribution in [-0.2, 0) is 6.61 Å². The normalized spacial score (nSPS) is 11.1. The second-order valence-corrected chi connectivity index (χ2v) is 6.75. The lowest BCUT2D eigenvalue weighted by molar-refractivity contribution is 0.304. The molecule has 0 aliphatic rings. The van der Waals surface area contributed by atoms with Crippen molar-refractivity contribution in [1.29, 1.82) is 0 Å². The van der Waals surface area contributed by atoms with Gasteiger partial charge in [0.05, 0.1) is 0 Å². The van der Waals surface area contributed by atoms with Gasteiger partial charge in [0.2, 0.25) is 4.96 Å². The molecule has 2 aromatic heterocycles. The molecule has 0 amide bonds. The van der Waals surface area contributed by atoms with E-state index in [-0.39, 0.29) is 0 Å². The lowest BCUT2D eigenvalue weighted by atomic mass is 10.1. The SMILES string of the molecule is Cc1ccccc1-c1nnc2sc(COc3ccc(Cl)cc3)nn12. The first-order chi connectivity index (χ1) is 11.7. The second kappa shape index (κ2) is 6.22. The molecule has 0 saturated heterocycles. The molecule has 4 aromatic rings. The molecule has 0 spiro atoms. The lowest BCUT2D eigenvalue weighted by Crippen LogP contribution is -1.98. The van der Waals surface area contributed by atoms with Gasteiger partial charge in [-0.3, -0.25) is 0 Å². The van der Waals surface area contributed by atoms with Crippen molar-refractivity contribution in [1.82, 2.24) is 19.8 Å².